The predicted molar refractivity (Wildman–Crippen MR) is 131 cm³/mol. The van der Waals surface area contributed by atoms with Gasteiger partial charge in [0.15, 0.2) is 11.3 Å². The van der Waals surface area contributed by atoms with Gasteiger partial charge in [0.2, 0.25) is 11.8 Å². The monoisotopic (exact) mass is 581 g/mol. The second kappa shape index (κ2) is 10.3. The molecule has 1 saturated heterocycles. The SMILES string of the molecule is O=C(N[C@H](c1cn2nc(CC3C[C@@H](C(F)(F)F)CNC3=O)ccc2n1)C1CCC(F)(F)CC1)c1nonc1C1CC1. The fourth-order valence-electron chi connectivity index (χ4n) is 5.79. The highest BCUT2D eigenvalue weighted by Gasteiger charge is 2.45. The quantitative estimate of drug-likeness (QED) is 0.402. The van der Waals surface area contributed by atoms with Gasteiger partial charge in [0.1, 0.15) is 5.69 Å². The van der Waals surface area contributed by atoms with Crippen LogP contribution in [0.1, 0.15) is 84.5 Å². The number of halogens is 5. The Labute approximate surface area is 230 Å². The van der Waals surface area contributed by atoms with E-state index in [2.05, 4.69) is 31.0 Å². The number of amides is 2. The molecule has 2 saturated carbocycles. The van der Waals surface area contributed by atoms with Crippen molar-refractivity contribution in [1.29, 1.82) is 0 Å². The number of hydrogen-bond acceptors (Lipinski definition) is 7. The second-order valence-corrected chi connectivity index (χ2v) is 11.3. The smallest absolute Gasteiger partial charge is 0.355 e. The number of piperidine rings is 1. The van der Waals surface area contributed by atoms with Gasteiger partial charge >= 0.3 is 6.18 Å². The third kappa shape index (κ3) is 5.89. The summed E-state index contributed by atoms with van der Waals surface area (Å²) in [5, 5.41) is 17.3. The van der Waals surface area contributed by atoms with Crippen molar-refractivity contribution in [1.82, 2.24) is 35.5 Å². The van der Waals surface area contributed by atoms with Crippen LogP contribution in [0.15, 0.2) is 23.0 Å². The van der Waals surface area contributed by atoms with Crippen LogP contribution in [0, 0.1) is 17.8 Å². The lowest BCUT2D eigenvalue weighted by atomic mass is 9.81. The van der Waals surface area contributed by atoms with Crippen LogP contribution in [0.3, 0.4) is 0 Å². The molecule has 2 aliphatic carbocycles. The van der Waals surface area contributed by atoms with Gasteiger partial charge in [-0.15, -0.1) is 0 Å². The summed E-state index contributed by atoms with van der Waals surface area (Å²) in [5.74, 6) is -6.52. The summed E-state index contributed by atoms with van der Waals surface area (Å²) in [7, 11) is 0. The molecular formula is C26H28F5N7O3. The third-order valence-electron chi connectivity index (χ3n) is 8.31. The minimum atomic E-state index is -4.41. The molecule has 3 aromatic rings. The standard InChI is InChI=1S/C26H28F5N7O3/c27-25(28)7-5-14(6-8-25)20(34-24(40)22-21(13-1-2-13)36-41-37-22)18-12-38-19(33-18)4-3-17(35-38)10-15-9-16(26(29,30)31)11-32-23(15)39/h3-4,12-16,20H,1-2,5-11H2,(H,32,39)(H,34,40)/t15?,16-,20+/m1/s1. The van der Waals surface area contributed by atoms with E-state index in [1.807, 2.05) is 0 Å². The first-order valence-corrected chi connectivity index (χ1v) is 13.7. The highest BCUT2D eigenvalue weighted by Crippen LogP contribution is 2.43. The maximum atomic E-state index is 14.0. The summed E-state index contributed by atoms with van der Waals surface area (Å²) in [5.41, 5.74) is 1.72. The van der Waals surface area contributed by atoms with Crippen molar-refractivity contribution in [3.63, 3.8) is 0 Å². The number of hydrogen-bond donors (Lipinski definition) is 2. The summed E-state index contributed by atoms with van der Waals surface area (Å²) in [6.45, 7) is -0.442. The lowest BCUT2D eigenvalue weighted by molar-refractivity contribution is -0.183. The zero-order valence-corrected chi connectivity index (χ0v) is 21.8. The first-order chi connectivity index (χ1) is 19.5. The molecule has 41 heavy (non-hydrogen) atoms. The summed E-state index contributed by atoms with van der Waals surface area (Å²) < 4.78 is 73.9. The molecule has 6 rings (SSSR count). The maximum absolute atomic E-state index is 14.0. The van der Waals surface area contributed by atoms with Gasteiger partial charge in [-0.05, 0) is 55.3 Å². The molecule has 3 atom stereocenters. The Morgan fingerprint density at radius 3 is 2.63 bits per heavy atom. The Hall–Kier alpha value is -3.65. The summed E-state index contributed by atoms with van der Waals surface area (Å²) in [4.78, 5) is 30.1. The molecular weight excluding hydrogens is 553 g/mol. The van der Waals surface area contributed by atoms with E-state index in [4.69, 9.17) is 4.63 Å². The van der Waals surface area contributed by atoms with Crippen LogP contribution in [0.5, 0.6) is 0 Å². The van der Waals surface area contributed by atoms with Gasteiger partial charge in [-0.1, -0.05) is 5.16 Å². The minimum absolute atomic E-state index is 0.00282. The Morgan fingerprint density at radius 2 is 1.93 bits per heavy atom. The Kier molecular flexibility index (Phi) is 6.92. The van der Waals surface area contributed by atoms with E-state index in [1.165, 1.54) is 4.52 Å². The Morgan fingerprint density at radius 1 is 1.17 bits per heavy atom. The number of nitrogens with one attached hydrogen (secondary N) is 2. The average Bonchev–Trinajstić information content (AvgIpc) is 3.48. The van der Waals surface area contributed by atoms with E-state index in [9.17, 15) is 31.5 Å². The van der Waals surface area contributed by atoms with Crippen LogP contribution >= 0.6 is 0 Å². The molecule has 0 bridgehead atoms. The maximum Gasteiger partial charge on any atom is 0.393 e. The van der Waals surface area contributed by atoms with Crippen LogP contribution in [-0.2, 0) is 11.2 Å². The normalized spacial score (nSPS) is 24.3. The van der Waals surface area contributed by atoms with Gasteiger partial charge in [0.25, 0.3) is 5.91 Å². The molecule has 3 aromatic heterocycles. The number of alkyl halides is 5. The molecule has 15 heteroatoms. The van der Waals surface area contributed by atoms with Crippen LogP contribution in [0.2, 0.25) is 0 Å². The third-order valence-corrected chi connectivity index (χ3v) is 8.31. The van der Waals surface area contributed by atoms with Gasteiger partial charge < -0.3 is 10.6 Å². The molecule has 3 fully saturated rings. The summed E-state index contributed by atoms with van der Waals surface area (Å²) >= 11 is 0. The topological polar surface area (TPSA) is 127 Å². The molecule has 2 N–H and O–H groups in total. The van der Waals surface area contributed by atoms with Crippen molar-refractivity contribution in [2.75, 3.05) is 6.54 Å². The first-order valence-electron chi connectivity index (χ1n) is 13.7. The van der Waals surface area contributed by atoms with Gasteiger partial charge in [-0.3, -0.25) is 9.59 Å². The zero-order chi connectivity index (χ0) is 28.9. The molecule has 1 unspecified atom stereocenters. The second-order valence-electron chi connectivity index (χ2n) is 11.3. The van der Waals surface area contributed by atoms with Crippen molar-refractivity contribution in [2.24, 2.45) is 17.8 Å². The fourth-order valence-corrected chi connectivity index (χ4v) is 5.79. The first kappa shape index (κ1) is 27.5. The highest BCUT2D eigenvalue weighted by atomic mass is 19.4. The molecule has 4 heterocycles. The number of imidazole rings is 1. The van der Waals surface area contributed by atoms with Gasteiger partial charge in [0.05, 0.1) is 29.5 Å². The van der Waals surface area contributed by atoms with Crippen molar-refractivity contribution >= 4 is 17.5 Å². The van der Waals surface area contributed by atoms with E-state index in [0.717, 1.165) is 12.8 Å². The number of carbonyl (C=O) groups excluding carboxylic acids is 2. The zero-order valence-electron chi connectivity index (χ0n) is 21.8. The molecule has 220 valence electrons. The van der Waals surface area contributed by atoms with Crippen LogP contribution in [-0.4, -0.2) is 55.4 Å². The van der Waals surface area contributed by atoms with Crippen LogP contribution in [0.25, 0.3) is 5.65 Å². The van der Waals surface area contributed by atoms with Crippen molar-refractivity contribution in [3.8, 4) is 0 Å². The molecule has 2 amide bonds. The number of rotatable bonds is 7. The predicted octanol–water partition coefficient (Wildman–Crippen LogP) is 4.14. The van der Waals surface area contributed by atoms with Gasteiger partial charge in [0, 0.05) is 37.6 Å². The summed E-state index contributed by atoms with van der Waals surface area (Å²) in [6, 6.07) is 2.48. The van der Waals surface area contributed by atoms with Crippen LogP contribution in [0.4, 0.5) is 22.0 Å². The van der Waals surface area contributed by atoms with Crippen LogP contribution < -0.4 is 10.6 Å². The Bertz CT molecular complexity index is 1440. The fraction of sp³-hybridized carbons (Fsp3) is 0.615. The average molecular weight is 582 g/mol. The van der Waals surface area contributed by atoms with Crippen molar-refractivity contribution in [3.05, 3.63) is 41.1 Å². The van der Waals surface area contributed by atoms with E-state index in [1.54, 1.807) is 18.3 Å². The molecule has 0 aromatic carbocycles. The minimum Gasteiger partial charge on any atom is -0.355 e. The molecule has 0 spiro atoms. The lowest BCUT2D eigenvalue weighted by Crippen LogP contribution is -2.47. The lowest BCUT2D eigenvalue weighted by Gasteiger charge is -2.33. The summed E-state index contributed by atoms with van der Waals surface area (Å²) in [6.07, 6.45) is -1.74. The number of fused-ring (bicyclic) bond motifs is 1. The largest absolute Gasteiger partial charge is 0.393 e. The number of carbonyl (C=O) groups is 2. The van der Waals surface area contributed by atoms with E-state index in [0.29, 0.717) is 22.7 Å². The molecule has 3 aliphatic rings. The van der Waals surface area contributed by atoms with Crippen molar-refractivity contribution in [2.45, 2.75) is 75.4 Å². The molecule has 10 nitrogen and oxygen atoms in total. The van der Waals surface area contributed by atoms with E-state index in [-0.39, 0.29) is 56.1 Å². The van der Waals surface area contributed by atoms with E-state index >= 15 is 0 Å². The van der Waals surface area contributed by atoms with Gasteiger partial charge in [-0.2, -0.15) is 18.3 Å². The Balaban J connectivity index is 1.24. The molecule has 0 radical (unpaired) electrons. The number of aromatic nitrogens is 5. The van der Waals surface area contributed by atoms with Gasteiger partial charge in [-0.25, -0.2) is 22.9 Å². The number of nitrogens with zero attached hydrogens (tertiary/aromatic N) is 5. The van der Waals surface area contributed by atoms with Crippen molar-refractivity contribution < 1.29 is 36.2 Å². The molecule has 1 aliphatic heterocycles. The highest BCUT2D eigenvalue weighted by molar-refractivity contribution is 5.93. The van der Waals surface area contributed by atoms with E-state index < -0.39 is 48.3 Å².